The van der Waals surface area contributed by atoms with Gasteiger partial charge in [-0.2, -0.15) is 0 Å². The predicted molar refractivity (Wildman–Crippen MR) is 150 cm³/mol. The van der Waals surface area contributed by atoms with Crippen LogP contribution in [0.25, 0.3) is 0 Å². The number of nitrogens with zero attached hydrogens (tertiary/aromatic N) is 2. The minimum atomic E-state index is -0.582. The molecule has 0 aromatic heterocycles. The molecule has 2 saturated heterocycles. The predicted octanol–water partition coefficient (Wildman–Crippen LogP) is 5.69. The van der Waals surface area contributed by atoms with Crippen molar-refractivity contribution in [2.75, 3.05) is 39.3 Å². The number of carbonyl (C=O) groups is 2. The number of carbonyl (C=O) groups excluding carboxylic acids is 2. The van der Waals surface area contributed by atoms with Crippen LogP contribution in [-0.2, 0) is 9.47 Å². The molecule has 2 fully saturated rings. The molecule has 0 spiro atoms. The molecule has 1 unspecified atom stereocenters. The van der Waals surface area contributed by atoms with Gasteiger partial charge in [-0.25, -0.2) is 27.2 Å². The number of hydrogen-bond donors (Lipinski definition) is 2. The number of benzene rings is 2. The molecule has 8 nitrogen and oxygen atoms in total. The lowest BCUT2D eigenvalue weighted by Crippen LogP contribution is -2.49. The summed E-state index contributed by atoms with van der Waals surface area (Å²) >= 11 is 0. The Labute approximate surface area is 244 Å². The van der Waals surface area contributed by atoms with Gasteiger partial charge < -0.3 is 29.9 Å². The van der Waals surface area contributed by atoms with Crippen LogP contribution in [0, 0.1) is 23.3 Å². The minimum Gasteiger partial charge on any atom is -0.444 e. The maximum absolute atomic E-state index is 13.8. The van der Waals surface area contributed by atoms with Crippen molar-refractivity contribution >= 4 is 12.2 Å². The minimum absolute atomic E-state index is 0.225. The molecular formula is C30H40F4N4O4. The molecule has 42 heavy (non-hydrogen) atoms. The van der Waals surface area contributed by atoms with Crippen LogP contribution >= 0.6 is 0 Å². The average Bonchev–Trinajstić information content (AvgIpc) is 2.90. The van der Waals surface area contributed by atoms with E-state index in [1.165, 1.54) is 9.80 Å². The summed E-state index contributed by atoms with van der Waals surface area (Å²) in [4.78, 5) is 27.1. The first-order valence-corrected chi connectivity index (χ1v) is 13.8. The zero-order valence-electron chi connectivity index (χ0n) is 24.9. The first-order chi connectivity index (χ1) is 19.5. The number of ether oxygens (including phenoxy) is 2. The van der Waals surface area contributed by atoms with Crippen molar-refractivity contribution in [1.82, 2.24) is 20.4 Å². The molecule has 2 aliphatic rings. The molecule has 2 aromatic carbocycles. The maximum atomic E-state index is 13.8. The second kappa shape index (κ2) is 13.7. The first kappa shape index (κ1) is 33.1. The summed E-state index contributed by atoms with van der Waals surface area (Å²) in [6.45, 7) is 13.2. The summed E-state index contributed by atoms with van der Waals surface area (Å²) in [5.41, 5.74) is -0.713. The SMILES string of the molecule is CC(C)(C)OC(=O)N1CCNC(c2cc(F)ccc2F)C1.CC(C)(C)OC(=O)N1CCN[C@H](c2cc(F)ccc2F)C1. The van der Waals surface area contributed by atoms with Crippen LogP contribution in [0.15, 0.2) is 36.4 Å². The zero-order chi connectivity index (χ0) is 31.2. The maximum Gasteiger partial charge on any atom is 0.410 e. The summed E-state index contributed by atoms with van der Waals surface area (Å²) in [5.74, 6) is -1.97. The summed E-state index contributed by atoms with van der Waals surface area (Å²) in [5, 5.41) is 6.19. The monoisotopic (exact) mass is 596 g/mol. The average molecular weight is 597 g/mol. The molecule has 232 valence electrons. The molecule has 2 amide bonds. The lowest BCUT2D eigenvalue weighted by molar-refractivity contribution is 0.0184. The van der Waals surface area contributed by atoms with Crippen molar-refractivity contribution in [3.63, 3.8) is 0 Å². The smallest absolute Gasteiger partial charge is 0.410 e. The fourth-order valence-electron chi connectivity index (χ4n) is 4.46. The Morgan fingerprint density at radius 2 is 1.05 bits per heavy atom. The van der Waals surface area contributed by atoms with Gasteiger partial charge in [-0.3, -0.25) is 0 Å². The Kier molecular flexibility index (Phi) is 10.8. The highest BCUT2D eigenvalue weighted by Crippen LogP contribution is 2.24. The Hall–Kier alpha value is -3.38. The van der Waals surface area contributed by atoms with Crippen molar-refractivity contribution in [3.05, 3.63) is 70.8 Å². The van der Waals surface area contributed by atoms with Crippen LogP contribution in [0.1, 0.15) is 64.8 Å². The Morgan fingerprint density at radius 1 is 0.690 bits per heavy atom. The van der Waals surface area contributed by atoms with Crippen molar-refractivity contribution in [1.29, 1.82) is 0 Å². The Morgan fingerprint density at radius 3 is 1.38 bits per heavy atom. The number of nitrogens with one attached hydrogen (secondary N) is 2. The van der Waals surface area contributed by atoms with Gasteiger partial charge in [-0.15, -0.1) is 0 Å². The molecule has 0 saturated carbocycles. The van der Waals surface area contributed by atoms with Gasteiger partial charge >= 0.3 is 12.2 Å². The van der Waals surface area contributed by atoms with Crippen LogP contribution in [0.4, 0.5) is 27.2 Å². The molecule has 4 rings (SSSR count). The lowest BCUT2D eigenvalue weighted by atomic mass is 10.0. The summed E-state index contributed by atoms with van der Waals surface area (Å²) in [6, 6.07) is 5.78. The van der Waals surface area contributed by atoms with E-state index >= 15 is 0 Å². The highest BCUT2D eigenvalue weighted by molar-refractivity contribution is 5.69. The molecule has 2 aliphatic heterocycles. The lowest BCUT2D eigenvalue weighted by Gasteiger charge is -2.35. The van der Waals surface area contributed by atoms with Crippen LogP contribution < -0.4 is 10.6 Å². The normalized spacial score (nSPS) is 19.5. The van der Waals surface area contributed by atoms with Gasteiger partial charge in [0.1, 0.15) is 34.5 Å². The highest BCUT2D eigenvalue weighted by Gasteiger charge is 2.30. The van der Waals surface area contributed by atoms with E-state index in [2.05, 4.69) is 10.6 Å². The standard InChI is InChI=1S/2C15H20F2N2O2/c2*1-15(2,3)21-14(20)19-7-6-18-13(9-19)11-8-10(16)4-5-12(11)17/h2*4-5,8,13,18H,6-7,9H2,1-3H3/t13-;/m0./s1. The van der Waals surface area contributed by atoms with Gasteiger partial charge in [0.05, 0.1) is 12.1 Å². The molecule has 2 heterocycles. The van der Waals surface area contributed by atoms with Crippen molar-refractivity contribution < 1.29 is 36.6 Å². The largest absolute Gasteiger partial charge is 0.444 e. The van der Waals surface area contributed by atoms with E-state index in [9.17, 15) is 27.2 Å². The molecule has 2 N–H and O–H groups in total. The fraction of sp³-hybridized carbons (Fsp3) is 0.533. The van der Waals surface area contributed by atoms with Crippen molar-refractivity contribution in [2.45, 2.75) is 64.8 Å². The third kappa shape index (κ3) is 9.87. The quantitative estimate of drug-likeness (QED) is 0.434. The summed E-state index contributed by atoms with van der Waals surface area (Å²) in [7, 11) is 0. The van der Waals surface area contributed by atoms with Gasteiger partial charge in [-0.05, 0) is 77.9 Å². The van der Waals surface area contributed by atoms with E-state index in [4.69, 9.17) is 9.47 Å². The van der Waals surface area contributed by atoms with Crippen LogP contribution in [0.2, 0.25) is 0 Å². The Balaban J connectivity index is 0.000000230. The van der Waals surface area contributed by atoms with Crippen LogP contribution in [0.5, 0.6) is 0 Å². The van der Waals surface area contributed by atoms with E-state index in [0.29, 0.717) is 26.2 Å². The van der Waals surface area contributed by atoms with Crippen LogP contribution in [0.3, 0.4) is 0 Å². The van der Waals surface area contributed by atoms with E-state index < -0.39 is 58.7 Å². The topological polar surface area (TPSA) is 83.1 Å². The molecule has 12 heteroatoms. The van der Waals surface area contributed by atoms with E-state index in [1.807, 2.05) is 0 Å². The van der Waals surface area contributed by atoms with Gasteiger partial charge in [-0.1, -0.05) is 0 Å². The van der Waals surface area contributed by atoms with Gasteiger partial charge in [0.2, 0.25) is 0 Å². The number of rotatable bonds is 2. The van der Waals surface area contributed by atoms with Crippen molar-refractivity contribution in [3.8, 4) is 0 Å². The molecule has 2 aromatic rings. The zero-order valence-corrected chi connectivity index (χ0v) is 24.9. The second-order valence-corrected chi connectivity index (χ2v) is 12.2. The van der Waals surface area contributed by atoms with E-state index in [-0.39, 0.29) is 24.2 Å². The second-order valence-electron chi connectivity index (χ2n) is 12.2. The first-order valence-electron chi connectivity index (χ1n) is 13.8. The number of halogens is 4. The van der Waals surface area contributed by atoms with E-state index in [1.54, 1.807) is 41.5 Å². The number of amides is 2. The Bertz CT molecular complexity index is 1150. The molecular weight excluding hydrogens is 556 g/mol. The van der Waals surface area contributed by atoms with Crippen molar-refractivity contribution in [2.24, 2.45) is 0 Å². The van der Waals surface area contributed by atoms with Gasteiger partial charge in [0.15, 0.2) is 0 Å². The molecule has 0 radical (unpaired) electrons. The number of piperazine rings is 2. The highest BCUT2D eigenvalue weighted by atomic mass is 19.1. The fourth-order valence-corrected chi connectivity index (χ4v) is 4.46. The number of hydrogen-bond acceptors (Lipinski definition) is 6. The van der Waals surface area contributed by atoms with Gasteiger partial charge in [0, 0.05) is 50.4 Å². The third-order valence-corrected chi connectivity index (χ3v) is 6.32. The van der Waals surface area contributed by atoms with Gasteiger partial charge in [0.25, 0.3) is 0 Å². The molecule has 0 aliphatic carbocycles. The third-order valence-electron chi connectivity index (χ3n) is 6.32. The summed E-state index contributed by atoms with van der Waals surface area (Å²) < 4.78 is 64.8. The molecule has 0 bridgehead atoms. The summed E-state index contributed by atoms with van der Waals surface area (Å²) in [6.07, 6.45) is -0.878. The van der Waals surface area contributed by atoms with E-state index in [0.717, 1.165) is 36.4 Å². The van der Waals surface area contributed by atoms with Crippen LogP contribution in [-0.4, -0.2) is 72.5 Å². The molecule has 2 atom stereocenters.